The van der Waals surface area contributed by atoms with Gasteiger partial charge in [0, 0.05) is 0 Å². The molecule has 0 fully saturated rings. The van der Waals surface area contributed by atoms with Crippen LogP contribution in [0.15, 0.2) is 255 Å². The van der Waals surface area contributed by atoms with Gasteiger partial charge in [-0.15, -0.1) is 0 Å². The van der Waals surface area contributed by atoms with Crippen LogP contribution in [-0.4, -0.2) is 8.80 Å². The van der Waals surface area contributed by atoms with E-state index in [1.54, 1.807) is 0 Å². The lowest BCUT2D eigenvalue weighted by Gasteiger charge is -2.31. The van der Waals surface area contributed by atoms with Gasteiger partial charge in [0.2, 0.25) is 0 Å². The zero-order valence-electron chi connectivity index (χ0n) is 32.1. The van der Waals surface area contributed by atoms with Crippen molar-refractivity contribution in [1.82, 2.24) is 0 Å². The van der Waals surface area contributed by atoms with Crippen molar-refractivity contribution in [3.05, 3.63) is 255 Å². The van der Waals surface area contributed by atoms with Gasteiger partial charge in [0.1, 0.15) is 0 Å². The first-order chi connectivity index (χ1) is 28.8. The predicted molar refractivity (Wildman–Crippen MR) is 260 cm³/mol. The molecule has 0 aliphatic rings. The molecule has 0 amide bonds. The minimum Gasteiger partial charge on any atom is -0.0623 e. The highest BCUT2D eigenvalue weighted by Gasteiger charge is 2.34. The molecule has 0 unspecified atom stereocenters. The maximum atomic E-state index is 2.47. The molecule has 9 aromatic rings. The van der Waals surface area contributed by atoms with Crippen LogP contribution < -0.4 is 63.3 Å². The zero-order valence-corrected chi connectivity index (χ0v) is 35.8. The molecule has 0 N–H and O–H groups in total. The topological polar surface area (TPSA) is 0 Å². The number of benzene rings is 9. The summed E-state index contributed by atoms with van der Waals surface area (Å²) in [5.41, 5.74) is 0. The molecule has 0 spiro atoms. The van der Waals surface area contributed by atoms with Crippen LogP contribution in [0, 0.1) is 0 Å². The van der Waals surface area contributed by atoms with Gasteiger partial charge >= 0.3 is 0 Å². The summed E-state index contributed by atoms with van der Waals surface area (Å²) in [6.07, 6.45) is 0. The van der Waals surface area contributed by atoms with Crippen molar-refractivity contribution < 1.29 is 0 Å². The fourth-order valence-electron chi connectivity index (χ4n) is 7.82. The molecule has 0 aliphatic carbocycles. The molecule has 0 aliphatic heterocycles. The van der Waals surface area contributed by atoms with Gasteiger partial charge in [-0.2, -0.15) is 0 Å². The summed E-state index contributed by atoms with van der Waals surface area (Å²) in [4.78, 5) is 0. The van der Waals surface area contributed by atoms with E-state index in [0.717, 1.165) is 0 Å². The van der Waals surface area contributed by atoms with Gasteiger partial charge in [-0.05, 0) is 87.1 Å². The van der Waals surface area contributed by atoms with Crippen LogP contribution in [-0.2, 0) is 0 Å². The Morgan fingerprint density at radius 2 is 0.362 bits per heavy atom. The summed E-state index contributed by atoms with van der Waals surface area (Å²) in [6, 6.07) is 95.6. The molecular formula is C54H42P3Si. The Balaban J connectivity index is 1.36. The molecule has 9 aromatic carbocycles. The summed E-state index contributed by atoms with van der Waals surface area (Å²) in [5, 5.41) is 16.9. The van der Waals surface area contributed by atoms with Crippen molar-refractivity contribution in [2.24, 2.45) is 0 Å². The quantitative estimate of drug-likeness (QED) is 0.0683. The van der Waals surface area contributed by atoms with Gasteiger partial charge in [-0.3, -0.25) is 0 Å². The van der Waals surface area contributed by atoms with Gasteiger partial charge < -0.3 is 0 Å². The molecule has 277 valence electrons. The Bertz CT molecular complexity index is 2260. The second-order valence-corrected chi connectivity index (χ2v) is 22.9. The SMILES string of the molecule is c1ccc(P(c2ccccc2)c2ccccc2[Si](c2ccccc2P(c2ccccc2)c2ccccc2)c2ccccc2P(c2ccccc2)c2ccccc2)cc1. The van der Waals surface area contributed by atoms with E-state index in [0.29, 0.717) is 0 Å². The van der Waals surface area contributed by atoms with E-state index >= 15 is 0 Å². The zero-order chi connectivity index (χ0) is 38.9. The molecule has 0 heterocycles. The fourth-order valence-corrected chi connectivity index (χ4v) is 19.5. The van der Waals surface area contributed by atoms with Gasteiger partial charge in [0.05, 0.1) is 0 Å². The van der Waals surface area contributed by atoms with Gasteiger partial charge in [-0.1, -0.05) is 255 Å². The van der Waals surface area contributed by atoms with Crippen LogP contribution >= 0.6 is 23.8 Å². The summed E-state index contributed by atoms with van der Waals surface area (Å²) < 4.78 is 0. The van der Waals surface area contributed by atoms with Crippen LogP contribution in [0.5, 0.6) is 0 Å². The molecule has 0 aromatic heterocycles. The largest absolute Gasteiger partial charge is 0.157 e. The van der Waals surface area contributed by atoms with Gasteiger partial charge in [-0.25, -0.2) is 0 Å². The smallest absolute Gasteiger partial charge is 0.0623 e. The maximum Gasteiger partial charge on any atom is 0.157 e. The van der Waals surface area contributed by atoms with Gasteiger partial charge in [0.25, 0.3) is 0 Å². The molecule has 0 saturated carbocycles. The van der Waals surface area contributed by atoms with E-state index in [4.69, 9.17) is 0 Å². The second-order valence-electron chi connectivity index (χ2n) is 13.9. The fraction of sp³-hybridized carbons (Fsp3) is 0. The average Bonchev–Trinajstić information content (AvgIpc) is 3.30. The molecule has 0 nitrogen and oxygen atoms in total. The number of rotatable bonds is 12. The van der Waals surface area contributed by atoms with Crippen LogP contribution in [0.25, 0.3) is 0 Å². The molecule has 1 radical (unpaired) electrons. The first kappa shape index (κ1) is 38.0. The third-order valence-electron chi connectivity index (χ3n) is 10.3. The molecule has 0 bridgehead atoms. The normalized spacial score (nSPS) is 11.4. The Hall–Kier alpha value is -5.51. The highest BCUT2D eigenvalue weighted by atomic mass is 31.1. The highest BCUT2D eigenvalue weighted by Crippen LogP contribution is 2.35. The van der Waals surface area contributed by atoms with Crippen molar-refractivity contribution in [1.29, 1.82) is 0 Å². The Morgan fingerprint density at radius 1 is 0.190 bits per heavy atom. The number of hydrogen-bond acceptors (Lipinski definition) is 0. The molecule has 9 rings (SSSR count). The predicted octanol–water partition coefficient (Wildman–Crippen LogP) is 7.48. The summed E-state index contributed by atoms with van der Waals surface area (Å²) in [6.45, 7) is 0. The van der Waals surface area contributed by atoms with E-state index in [1.165, 1.54) is 63.3 Å². The van der Waals surface area contributed by atoms with Crippen molar-refractivity contribution in [2.45, 2.75) is 0 Å². The Labute approximate surface area is 348 Å². The molecule has 58 heavy (non-hydrogen) atoms. The standard InChI is InChI=1S/C54H42P3Si/c1-7-25-43(26-8-1)55(44-27-9-2-10-28-44)49-37-19-22-40-52(49)58(53-41-23-20-38-50(53)56(45-29-11-3-12-30-45)46-31-13-4-14-32-46)54-42-24-21-39-51(54)57(47-33-15-5-16-34-47)48-35-17-6-18-36-48/h1-42H. The summed E-state index contributed by atoms with van der Waals surface area (Å²) in [7, 11) is -4.30. The minimum atomic E-state index is -1.69. The monoisotopic (exact) mass is 811 g/mol. The third-order valence-corrected chi connectivity index (χ3v) is 21.4. The second kappa shape index (κ2) is 18.4. The average molecular weight is 812 g/mol. The van der Waals surface area contributed by atoms with Gasteiger partial charge in [0.15, 0.2) is 8.80 Å². The minimum absolute atomic E-state index is 0.869. The number of hydrogen-bond donors (Lipinski definition) is 0. The molecule has 0 saturated heterocycles. The summed E-state index contributed by atoms with van der Waals surface area (Å²) in [5.74, 6) is 0. The molecule has 4 heteroatoms. The lowest BCUT2D eigenvalue weighted by Crippen LogP contribution is -2.63. The van der Waals surface area contributed by atoms with Crippen molar-refractivity contribution in [3.8, 4) is 0 Å². The Morgan fingerprint density at radius 3 is 0.569 bits per heavy atom. The molecule has 0 atom stereocenters. The van der Waals surface area contributed by atoms with E-state index in [2.05, 4.69) is 255 Å². The third kappa shape index (κ3) is 8.11. The highest BCUT2D eigenvalue weighted by molar-refractivity contribution is 7.81. The molecular weight excluding hydrogens is 770 g/mol. The Kier molecular flexibility index (Phi) is 12.1. The van der Waals surface area contributed by atoms with Crippen molar-refractivity contribution >= 4 is 95.9 Å². The van der Waals surface area contributed by atoms with Crippen LogP contribution in [0.4, 0.5) is 0 Å². The van der Waals surface area contributed by atoms with Crippen LogP contribution in [0.3, 0.4) is 0 Å². The van der Waals surface area contributed by atoms with E-state index in [9.17, 15) is 0 Å². The van der Waals surface area contributed by atoms with E-state index < -0.39 is 32.6 Å². The lowest BCUT2D eigenvalue weighted by atomic mass is 10.3. The van der Waals surface area contributed by atoms with Crippen LogP contribution in [0.2, 0.25) is 0 Å². The maximum absolute atomic E-state index is 2.47. The first-order valence-electron chi connectivity index (χ1n) is 19.7. The lowest BCUT2D eigenvalue weighted by molar-refractivity contribution is 1.73. The van der Waals surface area contributed by atoms with Crippen molar-refractivity contribution in [3.63, 3.8) is 0 Å². The first-order valence-corrected chi connectivity index (χ1v) is 25.2. The van der Waals surface area contributed by atoms with Crippen LogP contribution in [0.1, 0.15) is 0 Å². The van der Waals surface area contributed by atoms with E-state index in [-0.39, 0.29) is 0 Å². The van der Waals surface area contributed by atoms with E-state index in [1.807, 2.05) is 0 Å². The summed E-state index contributed by atoms with van der Waals surface area (Å²) >= 11 is 0. The van der Waals surface area contributed by atoms with Crippen molar-refractivity contribution in [2.75, 3.05) is 0 Å².